The standard InChI is InChI=1S/C10H6BrClF6N2OS/c11-4-1-5(12)7(22(21)3-9(13,14)15)2-6(4)20-8(19)10(16,17)18/h1-2H,3H2,(H2,19,20). The molecule has 12 heteroatoms. The molecule has 0 saturated carbocycles. The molecular weight excluding hydrogens is 426 g/mol. The molecule has 0 amide bonds. The highest BCUT2D eigenvalue weighted by molar-refractivity contribution is 9.10. The van der Waals surface area contributed by atoms with Crippen molar-refractivity contribution in [3.8, 4) is 0 Å². The van der Waals surface area contributed by atoms with Crippen LogP contribution in [-0.4, -0.2) is 28.1 Å². The molecular formula is C10H6BrClF6N2OS. The lowest BCUT2D eigenvalue weighted by molar-refractivity contribution is -0.105. The Kier molecular flexibility index (Phi) is 5.90. The summed E-state index contributed by atoms with van der Waals surface area (Å²) in [7, 11) is -2.59. The van der Waals surface area contributed by atoms with E-state index in [0.29, 0.717) is 0 Å². The maximum atomic E-state index is 12.3. The SMILES string of the molecule is NC(=Nc1cc(S(=O)CC(F)(F)F)c(Cl)cc1Br)C(F)(F)F. The zero-order valence-corrected chi connectivity index (χ0v) is 13.4. The molecule has 0 aliphatic carbocycles. The van der Waals surface area contributed by atoms with Gasteiger partial charge in [-0.3, -0.25) is 4.21 Å². The second kappa shape index (κ2) is 6.75. The van der Waals surface area contributed by atoms with Crippen LogP contribution >= 0.6 is 27.5 Å². The van der Waals surface area contributed by atoms with Crippen molar-refractivity contribution in [1.82, 2.24) is 0 Å². The van der Waals surface area contributed by atoms with Gasteiger partial charge in [-0.25, -0.2) is 4.99 Å². The number of halogens is 8. The Hall–Kier alpha value is -0.810. The normalized spacial score (nSPS) is 15.0. The Morgan fingerprint density at radius 2 is 1.82 bits per heavy atom. The summed E-state index contributed by atoms with van der Waals surface area (Å²) in [5, 5.41) is -0.306. The van der Waals surface area contributed by atoms with Crippen LogP contribution in [0.2, 0.25) is 5.02 Å². The third kappa shape index (κ3) is 5.43. The van der Waals surface area contributed by atoms with E-state index < -0.39 is 45.3 Å². The number of nitrogens with two attached hydrogens (primary N) is 1. The summed E-state index contributed by atoms with van der Waals surface area (Å²) in [6.07, 6.45) is -9.64. The van der Waals surface area contributed by atoms with Crippen molar-refractivity contribution in [2.75, 3.05) is 5.75 Å². The number of hydrogen-bond donors (Lipinski definition) is 1. The maximum absolute atomic E-state index is 12.3. The van der Waals surface area contributed by atoms with Gasteiger partial charge in [-0.05, 0) is 28.1 Å². The molecule has 1 atom stereocenters. The smallest absolute Gasteiger partial charge is 0.380 e. The Balaban J connectivity index is 3.29. The molecule has 0 saturated heterocycles. The highest BCUT2D eigenvalue weighted by atomic mass is 79.9. The third-order valence-corrected chi connectivity index (χ3v) is 4.55. The van der Waals surface area contributed by atoms with E-state index in [1.54, 1.807) is 0 Å². The summed E-state index contributed by atoms with van der Waals surface area (Å²) in [6.45, 7) is 0. The van der Waals surface area contributed by atoms with Gasteiger partial charge in [0.15, 0.2) is 0 Å². The van der Waals surface area contributed by atoms with Gasteiger partial charge in [0.2, 0.25) is 5.84 Å². The summed E-state index contributed by atoms with van der Waals surface area (Å²) < 4.78 is 85.2. The van der Waals surface area contributed by atoms with Crippen LogP contribution in [0, 0.1) is 0 Å². The lowest BCUT2D eigenvalue weighted by Crippen LogP contribution is -2.30. The summed E-state index contributed by atoms with van der Waals surface area (Å²) in [6, 6.07) is 1.75. The van der Waals surface area contributed by atoms with Crippen molar-refractivity contribution in [2.24, 2.45) is 10.7 Å². The third-order valence-electron chi connectivity index (χ3n) is 2.07. The minimum atomic E-state index is -4.91. The van der Waals surface area contributed by atoms with Gasteiger partial charge in [0.1, 0.15) is 5.75 Å². The van der Waals surface area contributed by atoms with E-state index in [1.807, 2.05) is 0 Å². The fraction of sp³-hybridized carbons (Fsp3) is 0.300. The van der Waals surface area contributed by atoms with Gasteiger partial charge in [-0.1, -0.05) is 11.6 Å². The molecule has 0 fully saturated rings. The van der Waals surface area contributed by atoms with E-state index in [-0.39, 0.29) is 9.50 Å². The number of aliphatic imine (C=N–C) groups is 1. The first-order chi connectivity index (χ1) is 9.81. The molecule has 0 radical (unpaired) electrons. The molecule has 1 unspecified atom stereocenters. The van der Waals surface area contributed by atoms with Crippen LogP contribution in [0.5, 0.6) is 0 Å². The van der Waals surface area contributed by atoms with Crippen molar-refractivity contribution < 1.29 is 30.6 Å². The number of benzene rings is 1. The molecule has 1 rings (SSSR count). The molecule has 124 valence electrons. The number of rotatable bonds is 3. The maximum Gasteiger partial charge on any atom is 0.448 e. The first kappa shape index (κ1) is 19.2. The highest BCUT2D eigenvalue weighted by Gasteiger charge is 2.34. The second-order valence-electron chi connectivity index (χ2n) is 3.83. The number of alkyl halides is 6. The van der Waals surface area contributed by atoms with E-state index in [9.17, 15) is 30.6 Å². The van der Waals surface area contributed by atoms with Gasteiger partial charge < -0.3 is 5.73 Å². The van der Waals surface area contributed by atoms with Crippen molar-refractivity contribution in [3.05, 3.63) is 21.6 Å². The van der Waals surface area contributed by atoms with Crippen LogP contribution in [0.1, 0.15) is 0 Å². The number of hydrogen-bond acceptors (Lipinski definition) is 2. The highest BCUT2D eigenvalue weighted by Crippen LogP contribution is 2.35. The molecule has 0 heterocycles. The Morgan fingerprint density at radius 3 is 2.27 bits per heavy atom. The average molecular weight is 432 g/mol. The molecule has 0 aromatic heterocycles. The second-order valence-corrected chi connectivity index (χ2v) is 6.51. The predicted octanol–water partition coefficient (Wildman–Crippen LogP) is 4.32. The summed E-state index contributed by atoms with van der Waals surface area (Å²) >= 11 is 8.51. The van der Waals surface area contributed by atoms with Gasteiger partial charge in [-0.15, -0.1) is 0 Å². The monoisotopic (exact) mass is 430 g/mol. The predicted molar refractivity (Wildman–Crippen MR) is 73.8 cm³/mol. The van der Waals surface area contributed by atoms with Crippen molar-refractivity contribution in [3.63, 3.8) is 0 Å². The molecule has 1 aromatic carbocycles. The Bertz CT molecular complexity index is 631. The van der Waals surface area contributed by atoms with Crippen LogP contribution < -0.4 is 5.73 Å². The van der Waals surface area contributed by atoms with Gasteiger partial charge in [-0.2, -0.15) is 26.3 Å². The topological polar surface area (TPSA) is 55.4 Å². The Labute approximate surface area is 136 Å². The van der Waals surface area contributed by atoms with Crippen LogP contribution in [-0.2, 0) is 10.8 Å². The van der Waals surface area contributed by atoms with Gasteiger partial charge in [0.05, 0.1) is 26.4 Å². The van der Waals surface area contributed by atoms with Crippen molar-refractivity contribution in [2.45, 2.75) is 17.2 Å². The Morgan fingerprint density at radius 1 is 1.27 bits per heavy atom. The van der Waals surface area contributed by atoms with Gasteiger partial charge in [0.25, 0.3) is 0 Å². The summed E-state index contributed by atoms with van der Waals surface area (Å²) in [5.74, 6) is -3.39. The molecule has 22 heavy (non-hydrogen) atoms. The lowest BCUT2D eigenvalue weighted by atomic mass is 10.3. The first-order valence-electron chi connectivity index (χ1n) is 5.17. The molecule has 0 bridgehead atoms. The zero-order valence-electron chi connectivity index (χ0n) is 10.2. The molecule has 1 aromatic rings. The zero-order chi connectivity index (χ0) is 17.3. The van der Waals surface area contributed by atoms with Crippen LogP contribution in [0.3, 0.4) is 0 Å². The van der Waals surface area contributed by atoms with Gasteiger partial charge in [0, 0.05) is 4.47 Å². The van der Waals surface area contributed by atoms with Crippen molar-refractivity contribution in [1.29, 1.82) is 0 Å². The number of nitrogens with zero attached hydrogens (tertiary/aromatic N) is 1. The fourth-order valence-electron chi connectivity index (χ4n) is 1.20. The van der Waals surface area contributed by atoms with Crippen LogP contribution in [0.4, 0.5) is 32.0 Å². The lowest BCUT2D eigenvalue weighted by Gasteiger charge is -2.11. The van der Waals surface area contributed by atoms with E-state index >= 15 is 0 Å². The van der Waals surface area contributed by atoms with E-state index in [4.69, 9.17) is 17.3 Å². The largest absolute Gasteiger partial charge is 0.448 e. The summed E-state index contributed by atoms with van der Waals surface area (Å²) in [4.78, 5) is 2.57. The first-order valence-corrected chi connectivity index (χ1v) is 7.66. The molecule has 0 aliphatic heterocycles. The van der Waals surface area contributed by atoms with Crippen LogP contribution in [0.25, 0.3) is 0 Å². The minimum Gasteiger partial charge on any atom is -0.380 e. The average Bonchev–Trinajstić information content (AvgIpc) is 2.28. The minimum absolute atomic E-state index is 0.0440. The molecule has 0 spiro atoms. The quantitative estimate of drug-likeness (QED) is 0.440. The fourth-order valence-corrected chi connectivity index (χ4v) is 3.16. The van der Waals surface area contributed by atoms with Crippen LogP contribution in [0.15, 0.2) is 26.5 Å². The van der Waals surface area contributed by atoms with Gasteiger partial charge >= 0.3 is 12.4 Å². The summed E-state index contributed by atoms with van der Waals surface area (Å²) in [5.41, 5.74) is 4.29. The van der Waals surface area contributed by atoms with E-state index in [1.165, 1.54) is 0 Å². The van der Waals surface area contributed by atoms with Crippen molar-refractivity contribution >= 4 is 49.9 Å². The molecule has 2 N–H and O–H groups in total. The number of amidine groups is 1. The van der Waals surface area contributed by atoms with E-state index in [2.05, 4.69) is 20.9 Å². The molecule has 3 nitrogen and oxygen atoms in total. The molecule has 0 aliphatic rings. The van der Waals surface area contributed by atoms with E-state index in [0.717, 1.165) is 12.1 Å².